The monoisotopic (exact) mass is 330 g/mol. The Kier molecular flexibility index (Phi) is 3.47. The van der Waals surface area contributed by atoms with E-state index in [-0.39, 0.29) is 22.4 Å². The van der Waals surface area contributed by atoms with Crippen LogP contribution in [-0.2, 0) is 6.42 Å². The second-order valence-corrected chi connectivity index (χ2v) is 7.02. The van der Waals surface area contributed by atoms with Gasteiger partial charge in [-0.1, -0.05) is 13.8 Å². The molecular formula is C17H19FN4O2. The quantitative estimate of drug-likeness (QED) is 0.823. The number of ketones is 1. The van der Waals surface area contributed by atoms with Gasteiger partial charge in [0.25, 0.3) is 5.91 Å². The minimum atomic E-state index is -0.925. The van der Waals surface area contributed by atoms with Crippen LogP contribution < -0.4 is 11.5 Å². The highest BCUT2D eigenvalue weighted by Gasteiger charge is 2.35. The van der Waals surface area contributed by atoms with E-state index in [0.717, 1.165) is 11.8 Å². The van der Waals surface area contributed by atoms with Gasteiger partial charge in [-0.25, -0.2) is 9.07 Å². The van der Waals surface area contributed by atoms with Gasteiger partial charge in [-0.3, -0.25) is 9.59 Å². The fourth-order valence-corrected chi connectivity index (χ4v) is 3.35. The number of aryl methyl sites for hydroxylation is 1. The molecule has 4 N–H and O–H groups in total. The largest absolute Gasteiger partial charge is 0.398 e. The number of amides is 1. The molecule has 7 heteroatoms. The van der Waals surface area contributed by atoms with Crippen LogP contribution in [0.1, 0.15) is 52.4 Å². The van der Waals surface area contributed by atoms with Crippen molar-refractivity contribution < 1.29 is 14.0 Å². The third kappa shape index (κ3) is 2.46. The molecule has 1 aliphatic rings. The molecule has 0 saturated heterocycles. The van der Waals surface area contributed by atoms with Crippen molar-refractivity contribution in [1.29, 1.82) is 0 Å². The number of nitrogen functional groups attached to an aromatic ring is 1. The van der Waals surface area contributed by atoms with Gasteiger partial charge in [0.15, 0.2) is 5.78 Å². The minimum Gasteiger partial charge on any atom is -0.398 e. The Labute approximate surface area is 138 Å². The number of hydrogen-bond acceptors (Lipinski definition) is 4. The van der Waals surface area contributed by atoms with Gasteiger partial charge in [0, 0.05) is 18.2 Å². The van der Waals surface area contributed by atoms with E-state index in [4.69, 9.17) is 11.5 Å². The molecule has 0 spiro atoms. The first-order valence-corrected chi connectivity index (χ1v) is 7.61. The molecule has 3 rings (SSSR count). The maximum absolute atomic E-state index is 14.2. The average molecular weight is 330 g/mol. The highest BCUT2D eigenvalue weighted by atomic mass is 19.1. The molecule has 0 atom stereocenters. The highest BCUT2D eigenvalue weighted by molar-refractivity contribution is 6.00. The number of halogens is 1. The summed E-state index contributed by atoms with van der Waals surface area (Å²) in [6, 6.07) is 2.61. The predicted molar refractivity (Wildman–Crippen MR) is 87.6 cm³/mol. The lowest BCUT2D eigenvalue weighted by atomic mass is 9.75. The maximum Gasteiger partial charge on any atom is 0.253 e. The van der Waals surface area contributed by atoms with Gasteiger partial charge in [-0.15, -0.1) is 0 Å². The van der Waals surface area contributed by atoms with Gasteiger partial charge < -0.3 is 11.5 Å². The van der Waals surface area contributed by atoms with Crippen molar-refractivity contribution in [2.24, 2.45) is 11.1 Å². The highest BCUT2D eigenvalue weighted by Crippen LogP contribution is 2.37. The summed E-state index contributed by atoms with van der Waals surface area (Å²) in [5.41, 5.74) is 12.6. The number of hydrogen-bond donors (Lipinski definition) is 2. The zero-order valence-electron chi connectivity index (χ0n) is 13.8. The van der Waals surface area contributed by atoms with E-state index in [2.05, 4.69) is 5.10 Å². The first-order valence-electron chi connectivity index (χ1n) is 7.61. The van der Waals surface area contributed by atoms with E-state index in [1.54, 1.807) is 6.92 Å². The number of carbonyl (C=O) groups excluding carboxylic acids is 2. The molecule has 1 heterocycles. The topological polar surface area (TPSA) is 104 Å². The number of Topliss-reactive ketones (excluding diaryl/α,β-unsaturated/α-hetero) is 1. The summed E-state index contributed by atoms with van der Waals surface area (Å²) in [6.45, 7) is 5.76. The summed E-state index contributed by atoms with van der Waals surface area (Å²) in [7, 11) is 0. The first kappa shape index (κ1) is 16.2. The fraction of sp³-hybridized carbons (Fsp3) is 0.353. The summed E-state index contributed by atoms with van der Waals surface area (Å²) in [5.74, 6) is -1.69. The molecule has 2 aromatic rings. The SMILES string of the molecule is Cc1nn(-c2cc(N)c(C(N)=O)c(F)c2)c2c1C(=O)CC(C)(C)C2. The number of aromatic nitrogens is 2. The normalized spacial score (nSPS) is 16.1. The predicted octanol–water partition coefficient (Wildman–Crippen LogP) is 2.16. The van der Waals surface area contributed by atoms with Crippen molar-refractivity contribution >= 4 is 17.4 Å². The average Bonchev–Trinajstić information content (AvgIpc) is 2.72. The molecule has 0 unspecified atom stereocenters. The number of nitrogens with zero attached hydrogens (tertiary/aromatic N) is 2. The van der Waals surface area contributed by atoms with Crippen molar-refractivity contribution in [2.75, 3.05) is 5.73 Å². The van der Waals surface area contributed by atoms with Gasteiger partial charge in [0.05, 0.1) is 28.2 Å². The van der Waals surface area contributed by atoms with Crippen LogP contribution in [0.5, 0.6) is 0 Å². The summed E-state index contributed by atoms with van der Waals surface area (Å²) < 4.78 is 15.8. The smallest absolute Gasteiger partial charge is 0.253 e. The van der Waals surface area contributed by atoms with Crippen LogP contribution >= 0.6 is 0 Å². The van der Waals surface area contributed by atoms with E-state index in [0.29, 0.717) is 29.8 Å². The molecule has 0 fully saturated rings. The fourth-order valence-electron chi connectivity index (χ4n) is 3.35. The molecule has 0 aliphatic heterocycles. The molecule has 1 aromatic carbocycles. The Morgan fingerprint density at radius 2 is 2.00 bits per heavy atom. The van der Waals surface area contributed by atoms with Gasteiger partial charge in [0.2, 0.25) is 0 Å². The third-order valence-corrected chi connectivity index (χ3v) is 4.32. The van der Waals surface area contributed by atoms with Gasteiger partial charge in [-0.2, -0.15) is 5.10 Å². The van der Waals surface area contributed by atoms with Gasteiger partial charge >= 0.3 is 0 Å². The Balaban J connectivity index is 2.21. The first-order chi connectivity index (χ1) is 11.1. The number of nitrogens with two attached hydrogens (primary N) is 2. The van der Waals surface area contributed by atoms with Gasteiger partial charge in [-0.05, 0) is 24.8 Å². The number of anilines is 1. The van der Waals surface area contributed by atoms with Crippen molar-refractivity contribution in [2.45, 2.75) is 33.6 Å². The van der Waals surface area contributed by atoms with Crippen LogP contribution in [-0.4, -0.2) is 21.5 Å². The Morgan fingerprint density at radius 3 is 2.58 bits per heavy atom. The summed E-state index contributed by atoms with van der Waals surface area (Å²) in [5, 5.41) is 4.39. The van der Waals surface area contributed by atoms with Crippen LogP contribution in [0.3, 0.4) is 0 Å². The van der Waals surface area contributed by atoms with Crippen molar-refractivity contribution in [3.63, 3.8) is 0 Å². The Morgan fingerprint density at radius 1 is 1.33 bits per heavy atom. The maximum atomic E-state index is 14.2. The van der Waals surface area contributed by atoms with Crippen molar-refractivity contribution in [3.8, 4) is 5.69 Å². The Bertz CT molecular complexity index is 860. The number of fused-ring (bicyclic) bond motifs is 1. The molecular weight excluding hydrogens is 311 g/mol. The molecule has 0 radical (unpaired) electrons. The molecule has 0 bridgehead atoms. The van der Waals surface area contributed by atoms with Crippen LogP contribution in [0.4, 0.5) is 10.1 Å². The summed E-state index contributed by atoms with van der Waals surface area (Å²) in [6.07, 6.45) is 1.08. The zero-order chi connectivity index (χ0) is 17.8. The molecule has 0 saturated carbocycles. The Hall–Kier alpha value is -2.70. The number of rotatable bonds is 2. The van der Waals surface area contributed by atoms with Crippen molar-refractivity contribution in [1.82, 2.24) is 9.78 Å². The third-order valence-electron chi connectivity index (χ3n) is 4.32. The van der Waals surface area contributed by atoms with E-state index in [1.165, 1.54) is 10.7 Å². The van der Waals surface area contributed by atoms with Crippen molar-refractivity contribution in [3.05, 3.63) is 40.5 Å². The standard InChI is InChI=1S/C17H19FN4O2/c1-8-14-12(6-17(2,3)7-13(14)23)22(21-8)9-4-10(18)15(16(20)24)11(19)5-9/h4-5H,6-7,19H2,1-3H3,(H2,20,24). The summed E-state index contributed by atoms with van der Waals surface area (Å²) in [4.78, 5) is 23.7. The number of benzene rings is 1. The number of carbonyl (C=O) groups is 2. The lowest BCUT2D eigenvalue weighted by Gasteiger charge is -2.29. The van der Waals surface area contributed by atoms with E-state index in [1.807, 2.05) is 13.8 Å². The summed E-state index contributed by atoms with van der Waals surface area (Å²) >= 11 is 0. The van der Waals surface area contributed by atoms with Crippen LogP contribution in [0.25, 0.3) is 5.69 Å². The second kappa shape index (κ2) is 5.15. The molecule has 6 nitrogen and oxygen atoms in total. The second-order valence-electron chi connectivity index (χ2n) is 7.02. The van der Waals surface area contributed by atoms with Crippen LogP contribution in [0.2, 0.25) is 0 Å². The van der Waals surface area contributed by atoms with Crippen LogP contribution in [0.15, 0.2) is 12.1 Å². The number of primary amides is 1. The molecule has 1 aromatic heterocycles. The zero-order valence-corrected chi connectivity index (χ0v) is 13.8. The van der Waals surface area contributed by atoms with E-state index >= 15 is 0 Å². The van der Waals surface area contributed by atoms with Crippen LogP contribution in [0, 0.1) is 18.2 Å². The van der Waals surface area contributed by atoms with E-state index < -0.39 is 11.7 Å². The molecule has 1 amide bonds. The molecule has 1 aliphatic carbocycles. The van der Waals surface area contributed by atoms with E-state index in [9.17, 15) is 14.0 Å². The molecule has 24 heavy (non-hydrogen) atoms. The molecule has 126 valence electrons. The van der Waals surface area contributed by atoms with Gasteiger partial charge in [0.1, 0.15) is 5.82 Å². The lowest BCUT2D eigenvalue weighted by molar-refractivity contribution is 0.0909. The lowest BCUT2D eigenvalue weighted by Crippen LogP contribution is -2.28. The minimum absolute atomic E-state index is 0.0344.